The zero-order valence-electron chi connectivity index (χ0n) is 6.45. The summed E-state index contributed by atoms with van der Waals surface area (Å²) in [6, 6.07) is 0. The largest absolute Gasteiger partial charge is 0.396 e. The molecule has 0 aliphatic heterocycles. The van der Waals surface area contributed by atoms with Crippen LogP contribution in [0.1, 0.15) is 6.42 Å². The van der Waals surface area contributed by atoms with E-state index in [1.165, 1.54) is 6.26 Å². The molecule has 1 rings (SSSR count). The molecular formula is C6H13NO3S. The summed E-state index contributed by atoms with van der Waals surface area (Å²) in [4.78, 5) is 0. The lowest BCUT2D eigenvalue weighted by Gasteiger charge is -2.08. The molecule has 0 aromatic rings. The van der Waals surface area contributed by atoms with E-state index >= 15 is 0 Å². The SMILES string of the molecule is CS(=O)(=O)[C@H]1C[C@@]1(CN)CO. The maximum absolute atomic E-state index is 11.0. The Hall–Kier alpha value is -0.130. The van der Waals surface area contributed by atoms with Gasteiger partial charge in [0.25, 0.3) is 0 Å². The van der Waals surface area contributed by atoms with Gasteiger partial charge in [-0.25, -0.2) is 8.42 Å². The van der Waals surface area contributed by atoms with Gasteiger partial charge in [-0.2, -0.15) is 0 Å². The number of aliphatic hydroxyl groups is 1. The number of hydrogen-bond donors (Lipinski definition) is 2. The highest BCUT2D eigenvalue weighted by Crippen LogP contribution is 2.49. The van der Waals surface area contributed by atoms with E-state index in [-0.39, 0.29) is 13.2 Å². The maximum Gasteiger partial charge on any atom is 0.151 e. The highest BCUT2D eigenvalue weighted by atomic mass is 32.2. The number of aliphatic hydroxyl groups excluding tert-OH is 1. The molecule has 5 heteroatoms. The Bertz CT molecular complexity index is 243. The van der Waals surface area contributed by atoms with E-state index in [4.69, 9.17) is 10.8 Å². The quantitative estimate of drug-likeness (QED) is 0.566. The summed E-state index contributed by atoms with van der Waals surface area (Å²) >= 11 is 0. The Balaban J connectivity index is 2.73. The molecule has 1 fully saturated rings. The Morgan fingerprint density at radius 3 is 2.36 bits per heavy atom. The number of nitrogens with two attached hydrogens (primary N) is 1. The van der Waals surface area contributed by atoms with Crippen molar-refractivity contribution in [3.63, 3.8) is 0 Å². The second kappa shape index (κ2) is 2.43. The van der Waals surface area contributed by atoms with E-state index in [0.717, 1.165) is 0 Å². The van der Waals surface area contributed by atoms with Crippen molar-refractivity contribution >= 4 is 9.84 Å². The standard InChI is InChI=1S/C6H13NO3S/c1-11(9,10)5-2-6(5,3-7)4-8/h5,8H,2-4,7H2,1H3/t5-,6+/m0/s1. The van der Waals surface area contributed by atoms with Crippen LogP contribution < -0.4 is 5.73 Å². The van der Waals surface area contributed by atoms with Crippen LogP contribution in [0.4, 0.5) is 0 Å². The lowest BCUT2D eigenvalue weighted by molar-refractivity contribution is 0.217. The first-order chi connectivity index (χ1) is 4.96. The van der Waals surface area contributed by atoms with Gasteiger partial charge in [-0.1, -0.05) is 0 Å². The van der Waals surface area contributed by atoms with Crippen LogP contribution in [0.5, 0.6) is 0 Å². The fourth-order valence-corrected chi connectivity index (χ4v) is 3.08. The molecule has 0 aromatic carbocycles. The van der Waals surface area contributed by atoms with Crippen molar-refractivity contribution in [1.29, 1.82) is 0 Å². The van der Waals surface area contributed by atoms with Crippen LogP contribution in [0.2, 0.25) is 0 Å². The van der Waals surface area contributed by atoms with Crippen LogP contribution in [-0.2, 0) is 9.84 Å². The molecule has 1 saturated carbocycles. The van der Waals surface area contributed by atoms with Gasteiger partial charge in [0.2, 0.25) is 0 Å². The monoisotopic (exact) mass is 179 g/mol. The average Bonchev–Trinajstić information content (AvgIpc) is 2.61. The predicted octanol–water partition coefficient (Wildman–Crippen LogP) is -1.26. The molecule has 3 N–H and O–H groups in total. The van der Waals surface area contributed by atoms with Gasteiger partial charge in [-0.3, -0.25) is 0 Å². The second-order valence-electron chi connectivity index (χ2n) is 3.25. The minimum absolute atomic E-state index is 0.124. The van der Waals surface area contributed by atoms with Gasteiger partial charge in [0.1, 0.15) is 0 Å². The third-order valence-electron chi connectivity index (χ3n) is 2.35. The van der Waals surface area contributed by atoms with E-state index in [1.807, 2.05) is 0 Å². The van der Waals surface area contributed by atoms with Crippen LogP contribution >= 0.6 is 0 Å². The highest BCUT2D eigenvalue weighted by Gasteiger charge is 2.58. The topological polar surface area (TPSA) is 80.4 Å². The summed E-state index contributed by atoms with van der Waals surface area (Å²) < 4.78 is 21.9. The van der Waals surface area contributed by atoms with Crippen LogP contribution in [0.15, 0.2) is 0 Å². The highest BCUT2D eigenvalue weighted by molar-refractivity contribution is 7.91. The predicted molar refractivity (Wildman–Crippen MR) is 41.8 cm³/mol. The fourth-order valence-electron chi connectivity index (χ4n) is 1.36. The molecule has 4 nitrogen and oxygen atoms in total. The third-order valence-corrected chi connectivity index (χ3v) is 4.05. The van der Waals surface area contributed by atoms with Crippen molar-refractivity contribution in [3.8, 4) is 0 Å². The van der Waals surface area contributed by atoms with Crippen molar-refractivity contribution in [3.05, 3.63) is 0 Å². The van der Waals surface area contributed by atoms with Gasteiger partial charge in [-0.05, 0) is 6.42 Å². The first-order valence-corrected chi connectivity index (χ1v) is 5.41. The van der Waals surface area contributed by atoms with Crippen molar-refractivity contribution in [2.75, 3.05) is 19.4 Å². The van der Waals surface area contributed by atoms with E-state index in [9.17, 15) is 8.42 Å². The molecule has 11 heavy (non-hydrogen) atoms. The molecule has 0 unspecified atom stereocenters. The molecular weight excluding hydrogens is 166 g/mol. The summed E-state index contributed by atoms with van der Waals surface area (Å²) in [6.07, 6.45) is 1.70. The van der Waals surface area contributed by atoms with Crippen molar-refractivity contribution in [2.45, 2.75) is 11.7 Å². The number of rotatable bonds is 3. The Morgan fingerprint density at radius 2 is 2.27 bits per heavy atom. The van der Waals surface area contributed by atoms with Gasteiger partial charge in [0.15, 0.2) is 9.84 Å². The van der Waals surface area contributed by atoms with Crippen molar-refractivity contribution in [2.24, 2.45) is 11.1 Å². The van der Waals surface area contributed by atoms with Gasteiger partial charge in [-0.15, -0.1) is 0 Å². The summed E-state index contributed by atoms with van der Waals surface area (Å²) in [5.41, 5.74) is 4.82. The van der Waals surface area contributed by atoms with Crippen molar-refractivity contribution < 1.29 is 13.5 Å². The second-order valence-corrected chi connectivity index (χ2v) is 5.47. The molecule has 0 heterocycles. The lowest BCUT2D eigenvalue weighted by Crippen LogP contribution is -2.26. The summed E-state index contributed by atoms with van der Waals surface area (Å²) in [7, 11) is -3.00. The fraction of sp³-hybridized carbons (Fsp3) is 1.00. The zero-order valence-corrected chi connectivity index (χ0v) is 7.26. The van der Waals surface area contributed by atoms with E-state index in [0.29, 0.717) is 6.42 Å². The molecule has 1 aliphatic rings. The third kappa shape index (κ3) is 1.40. The van der Waals surface area contributed by atoms with Gasteiger partial charge in [0.05, 0.1) is 11.9 Å². The molecule has 0 spiro atoms. The molecule has 0 radical (unpaired) electrons. The lowest BCUT2D eigenvalue weighted by atomic mass is 10.1. The van der Waals surface area contributed by atoms with Crippen LogP contribution in [0.3, 0.4) is 0 Å². The van der Waals surface area contributed by atoms with Crippen LogP contribution in [-0.4, -0.2) is 38.2 Å². The normalized spacial score (nSPS) is 37.2. The molecule has 1 aliphatic carbocycles. The van der Waals surface area contributed by atoms with Gasteiger partial charge < -0.3 is 10.8 Å². The first-order valence-electron chi connectivity index (χ1n) is 3.46. The molecule has 0 amide bonds. The van der Waals surface area contributed by atoms with Crippen LogP contribution in [0.25, 0.3) is 0 Å². The molecule has 66 valence electrons. The Kier molecular flexibility index (Phi) is 1.98. The van der Waals surface area contributed by atoms with E-state index in [2.05, 4.69) is 0 Å². The summed E-state index contributed by atoms with van der Waals surface area (Å²) in [5, 5.41) is 8.43. The molecule has 0 saturated heterocycles. The summed E-state index contributed by atoms with van der Waals surface area (Å²) in [5.74, 6) is 0. The van der Waals surface area contributed by atoms with Gasteiger partial charge in [0, 0.05) is 18.2 Å². The molecule has 2 atom stereocenters. The van der Waals surface area contributed by atoms with Crippen LogP contribution in [0, 0.1) is 5.41 Å². The maximum atomic E-state index is 11.0. The zero-order chi connectivity index (χ0) is 8.70. The average molecular weight is 179 g/mol. The summed E-state index contributed by atoms with van der Waals surface area (Å²) in [6.45, 7) is 0.127. The Morgan fingerprint density at radius 1 is 1.73 bits per heavy atom. The smallest absolute Gasteiger partial charge is 0.151 e. The van der Waals surface area contributed by atoms with Gasteiger partial charge >= 0.3 is 0 Å². The number of sulfone groups is 1. The first kappa shape index (κ1) is 8.96. The number of hydrogen-bond acceptors (Lipinski definition) is 4. The Labute approximate surface area is 66.3 Å². The minimum Gasteiger partial charge on any atom is -0.396 e. The van der Waals surface area contributed by atoms with E-state index in [1.54, 1.807) is 0 Å². The van der Waals surface area contributed by atoms with Crippen molar-refractivity contribution in [1.82, 2.24) is 0 Å². The molecule has 0 bridgehead atoms. The molecule has 0 aromatic heterocycles. The minimum atomic E-state index is -3.00. The van der Waals surface area contributed by atoms with E-state index < -0.39 is 20.5 Å².